The summed E-state index contributed by atoms with van der Waals surface area (Å²) in [6.45, 7) is 0. The average molecular weight is 532 g/mol. The summed E-state index contributed by atoms with van der Waals surface area (Å²) in [6.07, 6.45) is -1.73. The zero-order valence-electron chi connectivity index (χ0n) is 18.9. The standard InChI is InChI=1S/C3H12O12P4.4Na.4H2O.4H/c4-16(5,6)2(17(7,8)9)1-3(18(10,11)12)19(13,14)15;;;;;;;;;;;;/h2-3H,1H2,(H2,4,5,6)(H2,7,8,9)(H2,10,11,12)(H2,13,14,15);;;;;4*1H2;;;;/q;4*+1;;;;;4*-1. The second-order valence-electron chi connectivity index (χ2n) is 3.55. The molecule has 0 saturated carbocycles. The topological polar surface area (TPSA) is 356 Å². The maximum Gasteiger partial charge on any atom is 1.00 e. The van der Waals surface area contributed by atoms with Crippen molar-refractivity contribution in [2.45, 2.75) is 17.2 Å². The van der Waals surface area contributed by atoms with Crippen molar-refractivity contribution in [1.29, 1.82) is 0 Å². The van der Waals surface area contributed by atoms with E-state index in [0.29, 0.717) is 0 Å². The third-order valence-electron chi connectivity index (χ3n) is 1.97. The molecule has 0 heterocycles. The van der Waals surface area contributed by atoms with Crippen LogP contribution in [0.5, 0.6) is 0 Å². The quantitative estimate of drug-likeness (QED) is 0.117. The van der Waals surface area contributed by atoms with Crippen LogP contribution < -0.4 is 118 Å². The normalized spacial score (nSPS) is 10.7. The van der Waals surface area contributed by atoms with Gasteiger partial charge in [-0.3, -0.25) is 18.3 Å². The van der Waals surface area contributed by atoms with E-state index in [1.165, 1.54) is 0 Å². The fraction of sp³-hybridized carbons (Fsp3) is 1.00. The molecule has 0 atom stereocenters. The van der Waals surface area contributed by atoms with Crippen molar-refractivity contribution in [3.05, 3.63) is 0 Å². The van der Waals surface area contributed by atoms with Crippen molar-refractivity contribution in [3.63, 3.8) is 0 Å². The Morgan fingerprint density at radius 3 is 0.667 bits per heavy atom. The van der Waals surface area contributed by atoms with Gasteiger partial charge in [0.1, 0.15) is 0 Å². The molecule has 0 aliphatic carbocycles. The molecule has 0 aromatic carbocycles. The monoisotopic (exact) mass is 532 g/mol. The van der Waals surface area contributed by atoms with Gasteiger partial charge in [-0.25, -0.2) is 0 Å². The predicted octanol–water partition coefficient (Wildman–Crippen LogP) is -16.1. The first-order valence-electron chi connectivity index (χ1n) is 4.18. The van der Waals surface area contributed by atoms with Gasteiger partial charge < -0.3 is 66.8 Å². The summed E-state index contributed by atoms with van der Waals surface area (Å²) in [5.41, 5.74) is 0. The second kappa shape index (κ2) is 21.0. The Labute approximate surface area is 247 Å². The van der Waals surface area contributed by atoms with Gasteiger partial charge in [-0.05, 0) is 6.42 Å². The molecule has 16 N–H and O–H groups in total. The first-order chi connectivity index (χ1) is 7.97. The van der Waals surface area contributed by atoms with Gasteiger partial charge in [-0.2, -0.15) is 0 Å². The van der Waals surface area contributed by atoms with Gasteiger partial charge in [0, 0.05) is 0 Å². The van der Waals surface area contributed by atoms with Gasteiger partial charge >= 0.3 is 149 Å². The molecule has 27 heavy (non-hydrogen) atoms. The summed E-state index contributed by atoms with van der Waals surface area (Å²) >= 11 is 0. The minimum absolute atomic E-state index is 0. The van der Waals surface area contributed by atoms with Crippen molar-refractivity contribution < 1.29 is 203 Å². The van der Waals surface area contributed by atoms with Crippen LogP contribution in [0.1, 0.15) is 12.1 Å². The molecule has 0 radical (unpaired) electrons. The Hall–Kier alpha value is 4.44. The Kier molecular flexibility index (Phi) is 45.0. The summed E-state index contributed by atoms with van der Waals surface area (Å²) in [5, 5.41) is -5.82. The maximum absolute atomic E-state index is 10.9. The molecule has 0 aliphatic rings. The van der Waals surface area contributed by atoms with E-state index in [0.717, 1.165) is 0 Å². The smallest absolute Gasteiger partial charge is 1.00 e. The Balaban J connectivity index is -0.0000000245. The van der Waals surface area contributed by atoms with E-state index in [1.807, 2.05) is 0 Å². The largest absolute Gasteiger partial charge is 1.00 e. The van der Waals surface area contributed by atoms with Gasteiger partial charge in [-0.15, -0.1) is 0 Å². The molecular weight excluding hydrogens is 508 g/mol. The van der Waals surface area contributed by atoms with Crippen LogP contribution in [0.4, 0.5) is 0 Å². The van der Waals surface area contributed by atoms with Crippen LogP contribution in [0.2, 0.25) is 0 Å². The molecular formula is C3H24Na4O16P4. The Bertz CT molecular complexity index is 445. The molecule has 0 amide bonds. The third kappa shape index (κ3) is 23.4. The number of hydrogen-bond donors (Lipinski definition) is 8. The molecule has 0 saturated heterocycles. The first kappa shape index (κ1) is 57.9. The van der Waals surface area contributed by atoms with E-state index < -0.39 is 47.6 Å². The van der Waals surface area contributed by atoms with Crippen LogP contribution in [0.25, 0.3) is 0 Å². The third-order valence-corrected chi connectivity index (χ3v) is 9.53. The van der Waals surface area contributed by atoms with Crippen molar-refractivity contribution in [1.82, 2.24) is 0 Å². The van der Waals surface area contributed by atoms with E-state index >= 15 is 0 Å². The van der Waals surface area contributed by atoms with Crippen molar-refractivity contribution in [3.8, 4) is 0 Å². The van der Waals surface area contributed by atoms with Crippen LogP contribution >= 0.6 is 30.4 Å². The molecule has 0 aliphatic heterocycles. The molecule has 16 nitrogen and oxygen atoms in total. The molecule has 24 heteroatoms. The van der Waals surface area contributed by atoms with Crippen molar-refractivity contribution in [2.24, 2.45) is 0 Å². The first-order valence-corrected chi connectivity index (χ1v) is 10.9. The fourth-order valence-electron chi connectivity index (χ4n) is 1.13. The summed E-state index contributed by atoms with van der Waals surface area (Å²) in [4.78, 5) is 69.7. The maximum atomic E-state index is 10.9. The van der Waals surface area contributed by atoms with Gasteiger partial charge in [0.25, 0.3) is 0 Å². The van der Waals surface area contributed by atoms with Gasteiger partial charge in [0.05, 0.1) is 0 Å². The van der Waals surface area contributed by atoms with E-state index in [1.54, 1.807) is 0 Å². The molecule has 0 bridgehead atoms. The molecule has 0 aromatic rings. The summed E-state index contributed by atoms with van der Waals surface area (Å²) in [7, 11) is -22.2. The van der Waals surface area contributed by atoms with Crippen LogP contribution in [-0.4, -0.2) is 71.9 Å². The minimum atomic E-state index is -5.54. The summed E-state index contributed by atoms with van der Waals surface area (Å²) < 4.78 is 43.5. The predicted molar refractivity (Wildman–Crippen MR) is 79.3 cm³/mol. The molecule has 156 valence electrons. The van der Waals surface area contributed by atoms with Crippen LogP contribution in [0, 0.1) is 0 Å². The van der Waals surface area contributed by atoms with Crippen molar-refractivity contribution >= 4 is 30.4 Å². The van der Waals surface area contributed by atoms with E-state index in [2.05, 4.69) is 0 Å². The molecule has 0 spiro atoms. The van der Waals surface area contributed by atoms with Gasteiger partial charge in [-0.1, -0.05) is 0 Å². The van der Waals surface area contributed by atoms with E-state index in [4.69, 9.17) is 39.1 Å². The fourth-order valence-corrected chi connectivity index (χ4v) is 6.87. The molecule has 0 unspecified atom stereocenters. The Morgan fingerprint density at radius 2 is 0.593 bits per heavy atom. The Morgan fingerprint density at radius 1 is 0.481 bits per heavy atom. The summed E-state index contributed by atoms with van der Waals surface area (Å²) in [5.74, 6) is 0. The SMILES string of the molecule is O.O.O.O.O=P(O)(O)C(CC(P(=O)(O)O)P(=O)(O)O)P(=O)(O)O.[H-].[H-].[H-].[H-].[Na+].[Na+].[Na+].[Na+]. The second-order valence-corrected chi connectivity index (χ2v) is 11.6. The van der Waals surface area contributed by atoms with Crippen LogP contribution in [0.3, 0.4) is 0 Å². The van der Waals surface area contributed by atoms with Crippen LogP contribution in [0.15, 0.2) is 0 Å². The average Bonchev–Trinajstić information content (AvgIpc) is 1.91. The molecule has 0 rings (SSSR count). The van der Waals surface area contributed by atoms with Crippen molar-refractivity contribution in [2.75, 3.05) is 0 Å². The number of rotatable bonds is 6. The van der Waals surface area contributed by atoms with E-state index in [9.17, 15) is 18.3 Å². The molecule has 0 fully saturated rings. The minimum Gasteiger partial charge on any atom is -1.00 e. The number of hydrogen-bond acceptors (Lipinski definition) is 4. The van der Waals surface area contributed by atoms with E-state index in [-0.39, 0.29) is 146 Å². The summed E-state index contributed by atoms with van der Waals surface area (Å²) in [6, 6.07) is 0. The zero-order chi connectivity index (χ0) is 15.9. The van der Waals surface area contributed by atoms with Gasteiger partial charge in [0.2, 0.25) is 0 Å². The van der Waals surface area contributed by atoms with Crippen LogP contribution in [-0.2, 0) is 18.3 Å². The molecule has 0 aromatic heterocycles. The zero-order valence-corrected chi connectivity index (χ0v) is 26.4. The van der Waals surface area contributed by atoms with Gasteiger partial charge in [0.15, 0.2) is 10.8 Å².